The van der Waals surface area contributed by atoms with Crippen LogP contribution in [0.1, 0.15) is 62.6 Å². The molecule has 0 bridgehead atoms. The Morgan fingerprint density at radius 3 is 2.79 bits per heavy atom. The number of rotatable bonds is 3. The fourth-order valence-corrected chi connectivity index (χ4v) is 4.79. The van der Waals surface area contributed by atoms with Gasteiger partial charge in [-0.25, -0.2) is 0 Å². The van der Waals surface area contributed by atoms with Gasteiger partial charge in [0.05, 0.1) is 0 Å². The highest BCUT2D eigenvalue weighted by atomic mass is 32.2. The Morgan fingerprint density at radius 1 is 1.26 bits per heavy atom. The van der Waals surface area contributed by atoms with Gasteiger partial charge in [0.15, 0.2) is 0 Å². The van der Waals surface area contributed by atoms with Crippen LogP contribution >= 0.6 is 11.8 Å². The topological polar surface area (TPSA) is 12.0 Å². The summed E-state index contributed by atoms with van der Waals surface area (Å²) in [5.74, 6) is 2.07. The molecular formula is C17H25NS. The molecule has 3 rings (SSSR count). The molecule has 1 aromatic carbocycles. The van der Waals surface area contributed by atoms with E-state index in [2.05, 4.69) is 55.2 Å². The molecule has 1 nitrogen and oxygen atoms in total. The van der Waals surface area contributed by atoms with Crippen molar-refractivity contribution >= 4 is 11.8 Å². The molecule has 1 aromatic rings. The molecule has 2 aliphatic rings. The van der Waals surface area contributed by atoms with Crippen LogP contribution in [0.3, 0.4) is 0 Å². The summed E-state index contributed by atoms with van der Waals surface area (Å²) in [6.07, 6.45) is 5.37. The minimum Gasteiger partial charge on any atom is -0.309 e. The molecule has 0 saturated carbocycles. The van der Waals surface area contributed by atoms with E-state index in [1.807, 2.05) is 0 Å². The van der Waals surface area contributed by atoms with Crippen molar-refractivity contribution in [2.45, 2.75) is 56.2 Å². The minimum atomic E-state index is 0.470. The summed E-state index contributed by atoms with van der Waals surface area (Å²) in [7, 11) is 0. The number of fused-ring (bicyclic) bond motifs is 1. The minimum absolute atomic E-state index is 0.470. The Balaban J connectivity index is 1.70. The van der Waals surface area contributed by atoms with Crippen molar-refractivity contribution in [2.24, 2.45) is 0 Å². The van der Waals surface area contributed by atoms with Gasteiger partial charge in [0.25, 0.3) is 0 Å². The molecule has 0 amide bonds. The highest BCUT2D eigenvalue weighted by Gasteiger charge is 2.31. The van der Waals surface area contributed by atoms with E-state index in [0.29, 0.717) is 10.8 Å². The number of thioether (sulfide) groups is 1. The van der Waals surface area contributed by atoms with Crippen LogP contribution in [0.2, 0.25) is 0 Å². The molecule has 1 heterocycles. The van der Waals surface area contributed by atoms with Crippen LogP contribution in [0.5, 0.6) is 0 Å². The lowest BCUT2D eigenvalue weighted by atomic mass is 9.81. The molecule has 2 heteroatoms. The van der Waals surface area contributed by atoms with Gasteiger partial charge in [0.2, 0.25) is 0 Å². The van der Waals surface area contributed by atoms with Crippen LogP contribution in [0.25, 0.3) is 0 Å². The van der Waals surface area contributed by atoms with Crippen molar-refractivity contribution in [3.63, 3.8) is 0 Å². The van der Waals surface area contributed by atoms with E-state index in [4.69, 9.17) is 0 Å². The summed E-state index contributed by atoms with van der Waals surface area (Å²) in [5.41, 5.74) is 3.11. The van der Waals surface area contributed by atoms with Gasteiger partial charge < -0.3 is 5.32 Å². The van der Waals surface area contributed by atoms with E-state index in [9.17, 15) is 0 Å². The predicted molar refractivity (Wildman–Crippen MR) is 84.9 cm³/mol. The summed E-state index contributed by atoms with van der Waals surface area (Å²) in [4.78, 5) is 0. The molecule has 1 N–H and O–H groups in total. The van der Waals surface area contributed by atoms with E-state index >= 15 is 0 Å². The Morgan fingerprint density at radius 2 is 2.05 bits per heavy atom. The lowest BCUT2D eigenvalue weighted by Gasteiger charge is -2.33. The number of hydrogen-bond acceptors (Lipinski definition) is 2. The lowest BCUT2D eigenvalue weighted by molar-refractivity contribution is 0.408. The van der Waals surface area contributed by atoms with Gasteiger partial charge in [-0.2, -0.15) is 11.8 Å². The molecule has 3 atom stereocenters. The second-order valence-electron chi connectivity index (χ2n) is 6.44. The smallest absolute Gasteiger partial charge is 0.0323 e. The fourth-order valence-electron chi connectivity index (χ4n) is 3.53. The average Bonchev–Trinajstić information content (AvgIpc) is 2.86. The predicted octanol–water partition coefficient (Wildman–Crippen LogP) is 4.50. The Bertz CT molecular complexity index is 437. The van der Waals surface area contributed by atoms with Crippen molar-refractivity contribution in [2.75, 3.05) is 12.3 Å². The summed E-state index contributed by atoms with van der Waals surface area (Å²) in [6.45, 7) is 5.95. The molecule has 3 unspecified atom stereocenters. The average molecular weight is 275 g/mol. The summed E-state index contributed by atoms with van der Waals surface area (Å²) in [6, 6.07) is 9.60. The van der Waals surface area contributed by atoms with E-state index in [0.717, 1.165) is 12.5 Å². The second-order valence-corrected chi connectivity index (χ2v) is 8.13. The van der Waals surface area contributed by atoms with Crippen LogP contribution < -0.4 is 5.32 Å². The quantitative estimate of drug-likeness (QED) is 0.871. The maximum Gasteiger partial charge on any atom is 0.0323 e. The Labute approximate surface area is 121 Å². The molecule has 0 aromatic heterocycles. The Hall–Kier alpha value is -0.470. The largest absolute Gasteiger partial charge is 0.309 e. The maximum absolute atomic E-state index is 3.86. The van der Waals surface area contributed by atoms with Crippen LogP contribution in [0.4, 0.5) is 0 Å². The number of benzene rings is 1. The van der Waals surface area contributed by atoms with E-state index < -0.39 is 0 Å². The van der Waals surface area contributed by atoms with Gasteiger partial charge >= 0.3 is 0 Å². The van der Waals surface area contributed by atoms with Crippen LogP contribution in [-0.4, -0.2) is 17.0 Å². The summed E-state index contributed by atoms with van der Waals surface area (Å²) >= 11 is 2.15. The first kappa shape index (κ1) is 13.5. The second kappa shape index (κ2) is 5.49. The van der Waals surface area contributed by atoms with E-state index in [1.54, 1.807) is 11.1 Å². The monoisotopic (exact) mass is 275 g/mol. The van der Waals surface area contributed by atoms with Crippen LogP contribution in [0, 0.1) is 0 Å². The van der Waals surface area contributed by atoms with Gasteiger partial charge in [0.1, 0.15) is 0 Å². The molecule has 1 aliphatic carbocycles. The standard InChI is InChI=1S/C17H25NS/c1-13-8-9-16(15-7-4-3-6-14(13)15)18-12-17(2)10-5-11-19-17/h3-4,6-7,13,16,18H,5,8-12H2,1-2H3. The van der Waals surface area contributed by atoms with Crippen molar-refractivity contribution in [1.82, 2.24) is 5.32 Å². The molecular weight excluding hydrogens is 250 g/mol. The van der Waals surface area contributed by atoms with Crippen LogP contribution in [-0.2, 0) is 0 Å². The third-order valence-corrected chi connectivity index (χ3v) is 6.35. The Kier molecular flexibility index (Phi) is 3.91. The first-order valence-electron chi connectivity index (χ1n) is 7.64. The van der Waals surface area contributed by atoms with Crippen molar-refractivity contribution in [1.29, 1.82) is 0 Å². The van der Waals surface area contributed by atoms with Crippen molar-refractivity contribution < 1.29 is 0 Å². The van der Waals surface area contributed by atoms with Gasteiger partial charge in [-0.3, -0.25) is 0 Å². The summed E-state index contributed by atoms with van der Waals surface area (Å²) < 4.78 is 0.470. The van der Waals surface area contributed by atoms with Crippen LogP contribution in [0.15, 0.2) is 24.3 Å². The van der Waals surface area contributed by atoms with Gasteiger partial charge in [0, 0.05) is 17.3 Å². The highest BCUT2D eigenvalue weighted by Crippen LogP contribution is 2.40. The molecule has 0 spiro atoms. The highest BCUT2D eigenvalue weighted by molar-refractivity contribution is 8.00. The maximum atomic E-state index is 3.86. The number of hydrogen-bond donors (Lipinski definition) is 1. The van der Waals surface area contributed by atoms with Crippen molar-refractivity contribution in [3.8, 4) is 0 Å². The number of nitrogens with one attached hydrogen (secondary N) is 1. The SMILES string of the molecule is CC1CCC(NCC2(C)CCCS2)c2ccccc21. The normalized spacial score (nSPS) is 34.2. The van der Waals surface area contributed by atoms with Crippen molar-refractivity contribution in [3.05, 3.63) is 35.4 Å². The molecule has 0 radical (unpaired) electrons. The molecule has 1 fully saturated rings. The first-order chi connectivity index (χ1) is 9.18. The first-order valence-corrected chi connectivity index (χ1v) is 8.63. The lowest BCUT2D eigenvalue weighted by Crippen LogP contribution is -2.36. The van der Waals surface area contributed by atoms with Gasteiger partial charge in [-0.05, 0) is 55.4 Å². The van der Waals surface area contributed by atoms with Gasteiger partial charge in [-0.1, -0.05) is 31.2 Å². The molecule has 19 heavy (non-hydrogen) atoms. The third kappa shape index (κ3) is 2.85. The molecule has 1 saturated heterocycles. The van der Waals surface area contributed by atoms with Gasteiger partial charge in [-0.15, -0.1) is 0 Å². The molecule has 1 aliphatic heterocycles. The third-order valence-electron chi connectivity index (χ3n) is 4.81. The van der Waals surface area contributed by atoms with E-state index in [-0.39, 0.29) is 0 Å². The zero-order valence-electron chi connectivity index (χ0n) is 12.1. The fraction of sp³-hybridized carbons (Fsp3) is 0.647. The summed E-state index contributed by atoms with van der Waals surface area (Å²) in [5, 5.41) is 3.86. The van der Waals surface area contributed by atoms with E-state index in [1.165, 1.54) is 31.4 Å². The molecule has 104 valence electrons. The zero-order valence-corrected chi connectivity index (χ0v) is 12.9. The zero-order chi connectivity index (χ0) is 13.3.